The summed E-state index contributed by atoms with van der Waals surface area (Å²) in [6, 6.07) is 11.5. The Labute approximate surface area is 159 Å². The van der Waals surface area contributed by atoms with Gasteiger partial charge in [-0.05, 0) is 68.3 Å². The van der Waals surface area contributed by atoms with Gasteiger partial charge in [-0.2, -0.15) is 0 Å². The van der Waals surface area contributed by atoms with Crippen LogP contribution in [0.15, 0.2) is 46.3 Å². The number of rotatable bonds is 7. The average molecular weight is 375 g/mol. The van der Waals surface area contributed by atoms with Gasteiger partial charge >= 0.3 is 0 Å². The first-order valence-electron chi connectivity index (χ1n) is 8.18. The fourth-order valence-corrected chi connectivity index (χ4v) is 3.15. The molecular weight excluding hydrogens is 352 g/mol. The second-order valence-corrected chi connectivity index (χ2v) is 7.42. The molecule has 0 saturated carbocycles. The van der Waals surface area contributed by atoms with Crippen LogP contribution >= 0.6 is 23.4 Å². The number of benzene rings is 2. The first-order valence-corrected chi connectivity index (χ1v) is 9.54. The van der Waals surface area contributed by atoms with Gasteiger partial charge < -0.3 is 4.90 Å². The van der Waals surface area contributed by atoms with Crippen molar-refractivity contribution in [2.24, 2.45) is 4.99 Å². The van der Waals surface area contributed by atoms with E-state index in [0.29, 0.717) is 10.8 Å². The number of nitrogens with zero attached hydrogens (tertiary/aromatic N) is 2. The average Bonchev–Trinajstić information content (AvgIpc) is 2.61. The largest absolute Gasteiger partial charge is 0.366 e. The lowest BCUT2D eigenvalue weighted by atomic mass is 10.0. The summed E-state index contributed by atoms with van der Waals surface area (Å²) in [7, 11) is 1.98. The highest BCUT2D eigenvalue weighted by atomic mass is 35.5. The minimum absolute atomic E-state index is 0.127. The lowest BCUT2D eigenvalue weighted by Gasteiger charge is -2.11. The number of hydrogen-bond donors (Lipinski definition) is 0. The molecule has 0 bridgehead atoms. The Morgan fingerprint density at radius 2 is 1.88 bits per heavy atom. The molecule has 0 heterocycles. The van der Waals surface area contributed by atoms with Crippen LogP contribution in [0.2, 0.25) is 5.02 Å². The van der Waals surface area contributed by atoms with Crippen molar-refractivity contribution in [3.8, 4) is 0 Å². The monoisotopic (exact) mass is 374 g/mol. The molecular formula is C20H23ClN2OS. The molecule has 132 valence electrons. The lowest BCUT2D eigenvalue weighted by molar-refractivity contribution is 0.102. The number of Topliss-reactive ketones (excluding diaryl/α,β-unsaturated/α-hetero) is 1. The van der Waals surface area contributed by atoms with Crippen LogP contribution in [-0.2, 0) is 0 Å². The van der Waals surface area contributed by atoms with Crippen molar-refractivity contribution < 1.29 is 4.79 Å². The molecule has 0 N–H and O–H groups in total. The number of ketones is 1. The Morgan fingerprint density at radius 1 is 1.20 bits per heavy atom. The van der Waals surface area contributed by atoms with Crippen LogP contribution in [-0.4, -0.2) is 36.4 Å². The van der Waals surface area contributed by atoms with Crippen molar-refractivity contribution in [1.29, 1.82) is 0 Å². The van der Waals surface area contributed by atoms with Gasteiger partial charge in [0, 0.05) is 29.1 Å². The van der Waals surface area contributed by atoms with Gasteiger partial charge in [-0.3, -0.25) is 4.79 Å². The normalized spacial score (nSPS) is 11.1. The van der Waals surface area contributed by atoms with Crippen LogP contribution < -0.4 is 0 Å². The molecule has 0 fully saturated rings. The van der Waals surface area contributed by atoms with Crippen molar-refractivity contribution in [2.75, 3.05) is 19.3 Å². The Bertz CT molecular complexity index is 772. The number of carbonyl (C=O) groups excluding carboxylic acids is 1. The van der Waals surface area contributed by atoms with E-state index in [1.165, 1.54) is 11.8 Å². The van der Waals surface area contributed by atoms with E-state index in [-0.39, 0.29) is 5.78 Å². The molecule has 25 heavy (non-hydrogen) atoms. The first kappa shape index (κ1) is 19.5. The molecule has 0 atom stereocenters. The van der Waals surface area contributed by atoms with Gasteiger partial charge in [-0.25, -0.2) is 4.99 Å². The maximum absolute atomic E-state index is 12.6. The molecule has 0 amide bonds. The second kappa shape index (κ2) is 9.07. The Hall–Kier alpha value is -1.78. The Balaban J connectivity index is 2.10. The van der Waals surface area contributed by atoms with E-state index in [0.717, 1.165) is 33.8 Å². The van der Waals surface area contributed by atoms with Crippen LogP contribution in [0.5, 0.6) is 0 Å². The summed E-state index contributed by atoms with van der Waals surface area (Å²) in [4.78, 5) is 20.1. The topological polar surface area (TPSA) is 32.7 Å². The summed E-state index contributed by atoms with van der Waals surface area (Å²) in [5.41, 5.74) is 3.63. The van der Waals surface area contributed by atoms with E-state index < -0.39 is 0 Å². The molecule has 5 heteroatoms. The zero-order valence-electron chi connectivity index (χ0n) is 15.0. The second-order valence-electron chi connectivity index (χ2n) is 5.94. The van der Waals surface area contributed by atoms with E-state index in [2.05, 4.69) is 11.9 Å². The molecule has 0 saturated heterocycles. The Kier molecular flexibility index (Phi) is 7.09. The van der Waals surface area contributed by atoms with E-state index in [4.69, 9.17) is 11.6 Å². The Morgan fingerprint density at radius 3 is 2.52 bits per heavy atom. The van der Waals surface area contributed by atoms with Crippen LogP contribution in [0.3, 0.4) is 0 Å². The fraction of sp³-hybridized carbons (Fsp3) is 0.300. The van der Waals surface area contributed by atoms with Crippen LogP contribution in [0.25, 0.3) is 0 Å². The smallest absolute Gasteiger partial charge is 0.173 e. The molecule has 0 aromatic heterocycles. The molecule has 2 aromatic carbocycles. The lowest BCUT2D eigenvalue weighted by Crippen LogP contribution is -2.14. The van der Waals surface area contributed by atoms with Gasteiger partial charge in [-0.15, -0.1) is 11.8 Å². The highest BCUT2D eigenvalue weighted by molar-refractivity contribution is 8.00. The highest BCUT2D eigenvalue weighted by Gasteiger charge is 2.12. The first-order chi connectivity index (χ1) is 11.9. The number of aryl methyl sites for hydroxylation is 2. The summed E-state index contributed by atoms with van der Waals surface area (Å²) >= 11 is 7.41. The zero-order chi connectivity index (χ0) is 18.4. The molecule has 3 nitrogen and oxygen atoms in total. The van der Waals surface area contributed by atoms with Crippen molar-refractivity contribution in [3.63, 3.8) is 0 Å². The maximum Gasteiger partial charge on any atom is 0.173 e. The SMILES string of the molecule is CCN(C)/C=N\c1cc(C)c(C(=O)CSc2ccc(Cl)cc2)cc1C. The molecule has 0 aliphatic carbocycles. The third-order valence-electron chi connectivity index (χ3n) is 3.92. The maximum atomic E-state index is 12.6. The number of aliphatic imine (C=N–C) groups is 1. The van der Waals surface area contributed by atoms with E-state index >= 15 is 0 Å². The van der Waals surface area contributed by atoms with E-state index in [9.17, 15) is 4.79 Å². The number of carbonyl (C=O) groups is 1. The van der Waals surface area contributed by atoms with Crippen molar-refractivity contribution in [2.45, 2.75) is 25.7 Å². The molecule has 0 radical (unpaired) electrons. The van der Waals surface area contributed by atoms with Crippen LogP contribution in [0.1, 0.15) is 28.4 Å². The number of thioether (sulfide) groups is 1. The number of hydrogen-bond acceptors (Lipinski definition) is 3. The molecule has 0 aliphatic heterocycles. The third kappa shape index (κ3) is 5.62. The van der Waals surface area contributed by atoms with Crippen molar-refractivity contribution in [1.82, 2.24) is 4.90 Å². The van der Waals surface area contributed by atoms with Crippen molar-refractivity contribution >= 4 is 41.2 Å². The summed E-state index contributed by atoms with van der Waals surface area (Å²) in [5.74, 6) is 0.532. The van der Waals surface area contributed by atoms with Gasteiger partial charge in [0.05, 0.1) is 17.8 Å². The summed E-state index contributed by atoms with van der Waals surface area (Å²) in [6.07, 6.45) is 1.82. The third-order valence-corrected chi connectivity index (χ3v) is 5.18. The molecule has 2 rings (SSSR count). The predicted molar refractivity (Wildman–Crippen MR) is 109 cm³/mol. The van der Waals surface area contributed by atoms with Gasteiger partial charge in [0.2, 0.25) is 0 Å². The predicted octanol–water partition coefficient (Wildman–Crippen LogP) is 5.54. The summed E-state index contributed by atoms with van der Waals surface area (Å²) in [5, 5.41) is 0.701. The minimum Gasteiger partial charge on any atom is -0.366 e. The van der Waals surface area contributed by atoms with Crippen molar-refractivity contribution in [3.05, 3.63) is 58.1 Å². The minimum atomic E-state index is 0.127. The standard InChI is InChI=1S/C20H23ClN2OS/c1-5-23(4)13-22-19-11-14(2)18(10-15(19)3)20(24)12-25-17-8-6-16(21)7-9-17/h6-11,13H,5,12H2,1-4H3/b22-13-. The van der Waals surface area contributed by atoms with Gasteiger partial charge in [0.25, 0.3) is 0 Å². The fourth-order valence-electron chi connectivity index (χ4n) is 2.24. The highest BCUT2D eigenvalue weighted by Crippen LogP contribution is 2.26. The summed E-state index contributed by atoms with van der Waals surface area (Å²) < 4.78 is 0. The molecule has 2 aromatic rings. The summed E-state index contributed by atoms with van der Waals surface area (Å²) in [6.45, 7) is 6.92. The van der Waals surface area contributed by atoms with Crippen LogP contribution in [0.4, 0.5) is 5.69 Å². The molecule has 0 spiro atoms. The molecule has 0 aliphatic rings. The quantitative estimate of drug-likeness (QED) is 0.276. The molecule has 0 unspecified atom stereocenters. The number of halogens is 1. The zero-order valence-corrected chi connectivity index (χ0v) is 16.6. The van der Waals surface area contributed by atoms with E-state index in [1.807, 2.05) is 68.5 Å². The van der Waals surface area contributed by atoms with Crippen LogP contribution in [0, 0.1) is 13.8 Å². The van der Waals surface area contributed by atoms with E-state index in [1.54, 1.807) is 0 Å². The van der Waals surface area contributed by atoms with Gasteiger partial charge in [0.15, 0.2) is 5.78 Å². The van der Waals surface area contributed by atoms with Gasteiger partial charge in [0.1, 0.15) is 0 Å². The van der Waals surface area contributed by atoms with Gasteiger partial charge in [-0.1, -0.05) is 11.6 Å².